The molecule has 2 atom stereocenters. The number of nitrogens with one attached hydrogen (secondary N) is 1. The van der Waals surface area contributed by atoms with Crippen molar-refractivity contribution in [2.75, 3.05) is 26.2 Å². The van der Waals surface area contributed by atoms with Gasteiger partial charge in [0, 0.05) is 55.6 Å². The van der Waals surface area contributed by atoms with Gasteiger partial charge in [-0.2, -0.15) is 0 Å². The number of rotatable bonds is 4. The summed E-state index contributed by atoms with van der Waals surface area (Å²) in [6, 6.07) is 9.41. The number of benzene rings is 1. The Morgan fingerprint density at radius 3 is 2.88 bits per heavy atom. The van der Waals surface area contributed by atoms with Crippen molar-refractivity contribution in [3.8, 4) is 0 Å². The van der Waals surface area contributed by atoms with Crippen LogP contribution in [0, 0.1) is 0 Å². The highest BCUT2D eigenvalue weighted by molar-refractivity contribution is 6.30. The normalized spacial score (nSPS) is 19.2. The number of fused-ring (bicyclic) bond motifs is 2. The molecule has 3 aromatic rings. The molecule has 0 radical (unpaired) electrons. The van der Waals surface area contributed by atoms with Crippen molar-refractivity contribution in [3.63, 3.8) is 0 Å². The molecule has 1 saturated heterocycles. The zero-order valence-corrected chi connectivity index (χ0v) is 18.4. The van der Waals surface area contributed by atoms with E-state index in [1.54, 1.807) is 12.5 Å². The summed E-state index contributed by atoms with van der Waals surface area (Å²) < 4.78 is 1.88. The van der Waals surface area contributed by atoms with Gasteiger partial charge in [0.25, 0.3) is 0 Å². The Bertz CT molecular complexity index is 1220. The molecular weight excluding hydrogens is 424 g/mol. The lowest BCUT2D eigenvalue weighted by Gasteiger charge is -2.36. The molecular formula is C23H23ClN8. The van der Waals surface area contributed by atoms with Crippen molar-refractivity contribution in [1.29, 1.82) is 0 Å². The lowest BCUT2D eigenvalue weighted by Crippen LogP contribution is -2.45. The van der Waals surface area contributed by atoms with Gasteiger partial charge in [0.05, 0.1) is 23.8 Å². The fourth-order valence-electron chi connectivity index (χ4n) is 4.69. The Kier molecular flexibility index (Phi) is 5.68. The summed E-state index contributed by atoms with van der Waals surface area (Å²) in [6.45, 7) is 3.69. The van der Waals surface area contributed by atoms with E-state index in [-0.39, 0.29) is 6.04 Å². The summed E-state index contributed by atoms with van der Waals surface area (Å²) in [5.74, 6) is 0. The predicted molar refractivity (Wildman–Crippen MR) is 125 cm³/mol. The van der Waals surface area contributed by atoms with Crippen LogP contribution in [-0.4, -0.2) is 45.6 Å². The molecule has 1 aliphatic heterocycles. The molecule has 162 valence electrons. The summed E-state index contributed by atoms with van der Waals surface area (Å²) in [4.78, 5) is 14.7. The number of hydrogen-bond donors (Lipinski definition) is 1. The zero-order chi connectivity index (χ0) is 22.1. The van der Waals surface area contributed by atoms with Gasteiger partial charge in [-0.25, -0.2) is 4.98 Å². The third kappa shape index (κ3) is 3.67. The monoisotopic (exact) mass is 446 g/mol. The maximum atomic E-state index is 9.43. The molecule has 1 unspecified atom stereocenters. The minimum absolute atomic E-state index is 0.0208. The number of halogens is 1. The van der Waals surface area contributed by atoms with Gasteiger partial charge in [-0.05, 0) is 52.1 Å². The number of nitrogens with zero attached hydrogens (tertiary/aromatic N) is 7. The van der Waals surface area contributed by atoms with Crippen LogP contribution in [-0.2, 0) is 7.05 Å². The van der Waals surface area contributed by atoms with E-state index < -0.39 is 6.04 Å². The lowest BCUT2D eigenvalue weighted by molar-refractivity contribution is 0.195. The molecule has 2 aromatic heterocycles. The number of azide groups is 1. The largest absolute Gasteiger partial charge is 0.337 e. The molecule has 0 spiro atoms. The van der Waals surface area contributed by atoms with Gasteiger partial charge in [-0.1, -0.05) is 28.8 Å². The van der Waals surface area contributed by atoms with Gasteiger partial charge in [-0.15, -0.1) is 0 Å². The molecule has 9 heteroatoms. The third-order valence-corrected chi connectivity index (χ3v) is 6.41. The second-order valence-corrected chi connectivity index (χ2v) is 8.47. The van der Waals surface area contributed by atoms with Gasteiger partial charge in [-0.3, -0.25) is 9.88 Å². The highest BCUT2D eigenvalue weighted by atomic mass is 35.5. The number of hydrogen-bond acceptors (Lipinski definition) is 5. The van der Waals surface area contributed by atoms with Gasteiger partial charge < -0.3 is 9.88 Å². The molecule has 0 bridgehead atoms. The summed E-state index contributed by atoms with van der Waals surface area (Å²) in [5, 5.41) is 8.27. The smallest absolute Gasteiger partial charge is 0.105 e. The first-order valence-electron chi connectivity index (χ1n) is 10.6. The van der Waals surface area contributed by atoms with Crippen LogP contribution < -0.4 is 5.32 Å². The summed E-state index contributed by atoms with van der Waals surface area (Å²) in [6.07, 6.45) is 7.39. The molecule has 1 N–H and O–H groups in total. The Labute approximate surface area is 191 Å². The van der Waals surface area contributed by atoms with E-state index in [9.17, 15) is 5.53 Å². The van der Waals surface area contributed by atoms with E-state index >= 15 is 0 Å². The Morgan fingerprint density at radius 1 is 1.28 bits per heavy atom. The first kappa shape index (κ1) is 20.7. The molecule has 0 saturated carbocycles. The van der Waals surface area contributed by atoms with Gasteiger partial charge in [0.1, 0.15) is 6.04 Å². The average Bonchev–Trinajstić information content (AvgIpc) is 3.18. The van der Waals surface area contributed by atoms with Crippen molar-refractivity contribution in [2.24, 2.45) is 12.2 Å². The zero-order valence-electron chi connectivity index (χ0n) is 17.7. The Hall–Kier alpha value is -3.16. The van der Waals surface area contributed by atoms with E-state index in [0.29, 0.717) is 5.02 Å². The Balaban J connectivity index is 1.78. The summed E-state index contributed by atoms with van der Waals surface area (Å²) >= 11 is 6.49. The molecule has 2 aliphatic rings. The highest BCUT2D eigenvalue weighted by Gasteiger charge is 2.33. The summed E-state index contributed by atoms with van der Waals surface area (Å²) in [7, 11) is 1.90. The van der Waals surface area contributed by atoms with E-state index in [4.69, 9.17) is 16.6 Å². The maximum absolute atomic E-state index is 9.43. The minimum atomic E-state index is -0.556. The first-order valence-corrected chi connectivity index (χ1v) is 11.0. The molecule has 8 nitrogen and oxygen atoms in total. The number of pyridine rings is 1. The third-order valence-electron chi connectivity index (χ3n) is 6.17. The molecule has 0 amide bonds. The minimum Gasteiger partial charge on any atom is -0.337 e. The van der Waals surface area contributed by atoms with E-state index in [1.807, 2.05) is 36.0 Å². The van der Waals surface area contributed by atoms with Crippen molar-refractivity contribution in [2.45, 2.75) is 12.1 Å². The highest BCUT2D eigenvalue weighted by Crippen LogP contribution is 2.45. The second-order valence-electron chi connectivity index (χ2n) is 8.03. The lowest BCUT2D eigenvalue weighted by atomic mass is 9.90. The fraction of sp³-hybridized carbons (Fsp3) is 0.304. The second kappa shape index (κ2) is 8.76. The van der Waals surface area contributed by atoms with Crippen LogP contribution in [0.15, 0.2) is 54.2 Å². The van der Waals surface area contributed by atoms with Crippen LogP contribution in [0.4, 0.5) is 0 Å². The van der Waals surface area contributed by atoms with E-state index in [1.165, 1.54) is 0 Å². The number of imidazole rings is 1. The van der Waals surface area contributed by atoms with Crippen LogP contribution >= 0.6 is 11.6 Å². The van der Waals surface area contributed by atoms with E-state index in [0.717, 1.165) is 59.8 Å². The van der Waals surface area contributed by atoms with Crippen molar-refractivity contribution >= 4 is 23.3 Å². The predicted octanol–water partition coefficient (Wildman–Crippen LogP) is 4.37. The fourth-order valence-corrected chi connectivity index (χ4v) is 4.86. The maximum Gasteiger partial charge on any atom is 0.105 e. The summed E-state index contributed by atoms with van der Waals surface area (Å²) in [5.41, 5.74) is 15.2. The van der Waals surface area contributed by atoms with Gasteiger partial charge in [0.15, 0.2) is 0 Å². The topological polar surface area (TPSA) is 94.7 Å². The van der Waals surface area contributed by atoms with E-state index in [2.05, 4.69) is 43.4 Å². The Morgan fingerprint density at radius 2 is 2.12 bits per heavy atom. The van der Waals surface area contributed by atoms with Crippen LogP contribution in [0.25, 0.3) is 22.1 Å². The van der Waals surface area contributed by atoms with Crippen LogP contribution in [0.5, 0.6) is 0 Å². The molecule has 1 aromatic carbocycles. The average molecular weight is 447 g/mol. The quantitative estimate of drug-likeness (QED) is 0.365. The molecule has 1 aliphatic carbocycles. The van der Waals surface area contributed by atoms with Crippen molar-refractivity contribution in [1.82, 2.24) is 24.8 Å². The standard InChI is InChI=1S/C23H23ClN8/c1-31-14-27-13-20(31)22(29-30-25)19-11-15-3-2-6-28-21(15)23(32-9-7-26-8-10-32)17-5-4-16(24)12-18(17)19/h2-6,11-14,22-23,26H,7-10H2,1H3/t22-,23?/m1/s1. The molecule has 1 fully saturated rings. The SMILES string of the molecule is Cn1cncc1[C@H](N=[N+]=[N-])C1=Cc2cccnc2C(N2CCNCC2)c2ccc(Cl)cc21. The molecule has 32 heavy (non-hydrogen) atoms. The number of piperazine rings is 1. The van der Waals surface area contributed by atoms with Gasteiger partial charge in [0.2, 0.25) is 0 Å². The van der Waals surface area contributed by atoms with Crippen LogP contribution in [0.3, 0.4) is 0 Å². The molecule has 3 heterocycles. The molecule has 5 rings (SSSR count). The van der Waals surface area contributed by atoms with Crippen LogP contribution in [0.2, 0.25) is 5.02 Å². The number of aryl methyl sites for hydroxylation is 1. The van der Waals surface area contributed by atoms with Crippen molar-refractivity contribution in [3.05, 3.63) is 92.6 Å². The number of aromatic nitrogens is 3. The van der Waals surface area contributed by atoms with Crippen molar-refractivity contribution < 1.29 is 0 Å². The van der Waals surface area contributed by atoms with Crippen LogP contribution in [0.1, 0.15) is 40.2 Å². The first-order chi connectivity index (χ1) is 15.7. The van der Waals surface area contributed by atoms with Gasteiger partial charge >= 0.3 is 0 Å².